The van der Waals surface area contributed by atoms with E-state index >= 15 is 0 Å². The van der Waals surface area contributed by atoms with Crippen molar-refractivity contribution < 1.29 is 9.72 Å². The molecule has 0 spiro atoms. The average Bonchev–Trinajstić information content (AvgIpc) is 2.35. The number of primary amides is 1. The van der Waals surface area contributed by atoms with Crippen LogP contribution in [-0.4, -0.2) is 23.4 Å². The maximum atomic E-state index is 11.4. The first-order valence-electron chi connectivity index (χ1n) is 5.91. The monoisotopic (exact) mass is 266 g/mol. The number of non-ortho nitro benzene ring substituents is 1. The molecule has 0 aliphatic carbocycles. The fourth-order valence-corrected chi connectivity index (χ4v) is 1.67. The third kappa shape index (κ3) is 3.65. The molecular weight excluding hydrogens is 248 g/mol. The van der Waals surface area contributed by atoms with Gasteiger partial charge in [0.05, 0.1) is 10.5 Å². The second-order valence-corrected chi connectivity index (χ2v) is 4.58. The fourth-order valence-electron chi connectivity index (χ4n) is 1.67. The molecule has 0 saturated heterocycles. The van der Waals surface area contributed by atoms with Gasteiger partial charge in [0, 0.05) is 30.4 Å². The van der Waals surface area contributed by atoms with E-state index < -0.39 is 10.8 Å². The normalized spacial score (nSPS) is 12.2. The molecule has 0 saturated carbocycles. The Morgan fingerprint density at radius 1 is 1.47 bits per heavy atom. The third-order valence-electron chi connectivity index (χ3n) is 2.88. The standard InChI is InChI=1S/C12H18N4O3/c1-7(2)11(6-13)15-10-4-3-8(16(18)19)5-9(10)12(14)17/h3-5,7,11,15H,6,13H2,1-2H3,(H2,14,17). The van der Waals surface area contributed by atoms with E-state index in [9.17, 15) is 14.9 Å². The van der Waals surface area contributed by atoms with Crippen LogP contribution in [0.1, 0.15) is 24.2 Å². The summed E-state index contributed by atoms with van der Waals surface area (Å²) >= 11 is 0. The molecule has 1 amide bonds. The summed E-state index contributed by atoms with van der Waals surface area (Å²) in [5.74, 6) is -0.466. The maximum absolute atomic E-state index is 11.4. The number of nitro groups is 1. The van der Waals surface area contributed by atoms with E-state index in [4.69, 9.17) is 11.5 Å². The number of anilines is 1. The van der Waals surface area contributed by atoms with E-state index in [0.717, 1.165) is 0 Å². The summed E-state index contributed by atoms with van der Waals surface area (Å²) in [4.78, 5) is 21.5. The largest absolute Gasteiger partial charge is 0.380 e. The number of carbonyl (C=O) groups excluding carboxylic acids is 1. The van der Waals surface area contributed by atoms with Gasteiger partial charge in [0.1, 0.15) is 0 Å². The molecule has 0 radical (unpaired) electrons. The second kappa shape index (κ2) is 6.14. The number of nitrogens with zero attached hydrogens (tertiary/aromatic N) is 1. The molecule has 0 aliphatic heterocycles. The Hall–Kier alpha value is -2.15. The van der Waals surface area contributed by atoms with Gasteiger partial charge in [-0.05, 0) is 12.0 Å². The molecule has 1 unspecified atom stereocenters. The van der Waals surface area contributed by atoms with Crippen LogP contribution in [-0.2, 0) is 0 Å². The highest BCUT2D eigenvalue weighted by molar-refractivity contribution is 5.99. The topological polar surface area (TPSA) is 124 Å². The van der Waals surface area contributed by atoms with E-state index in [1.807, 2.05) is 13.8 Å². The minimum Gasteiger partial charge on any atom is -0.380 e. The number of nitrogens with one attached hydrogen (secondary N) is 1. The molecule has 7 heteroatoms. The van der Waals surface area contributed by atoms with Crippen LogP contribution in [0.4, 0.5) is 11.4 Å². The molecule has 0 aliphatic rings. The number of benzene rings is 1. The highest BCUT2D eigenvalue weighted by atomic mass is 16.6. The first kappa shape index (κ1) is 14.9. The lowest BCUT2D eigenvalue weighted by Gasteiger charge is -2.22. The maximum Gasteiger partial charge on any atom is 0.270 e. The van der Waals surface area contributed by atoms with Gasteiger partial charge in [-0.3, -0.25) is 14.9 Å². The summed E-state index contributed by atoms with van der Waals surface area (Å²) in [6, 6.07) is 3.92. The van der Waals surface area contributed by atoms with Crippen LogP contribution in [0.2, 0.25) is 0 Å². The van der Waals surface area contributed by atoms with Gasteiger partial charge >= 0.3 is 0 Å². The van der Waals surface area contributed by atoms with Gasteiger partial charge < -0.3 is 16.8 Å². The van der Waals surface area contributed by atoms with E-state index in [2.05, 4.69) is 5.32 Å². The number of nitro benzene ring substituents is 1. The molecule has 19 heavy (non-hydrogen) atoms. The molecule has 1 atom stereocenters. The smallest absolute Gasteiger partial charge is 0.270 e. The van der Waals surface area contributed by atoms with Crippen molar-refractivity contribution in [3.05, 3.63) is 33.9 Å². The predicted molar refractivity (Wildman–Crippen MR) is 72.9 cm³/mol. The van der Waals surface area contributed by atoms with Crippen molar-refractivity contribution in [2.75, 3.05) is 11.9 Å². The summed E-state index contributed by atoms with van der Waals surface area (Å²) in [6.45, 7) is 4.35. The second-order valence-electron chi connectivity index (χ2n) is 4.58. The highest BCUT2D eigenvalue weighted by Gasteiger charge is 2.18. The van der Waals surface area contributed by atoms with Crippen LogP contribution in [0.15, 0.2) is 18.2 Å². The van der Waals surface area contributed by atoms with Crippen LogP contribution in [0.5, 0.6) is 0 Å². The van der Waals surface area contributed by atoms with Crippen molar-refractivity contribution in [2.45, 2.75) is 19.9 Å². The minimum atomic E-state index is -0.717. The summed E-state index contributed by atoms with van der Waals surface area (Å²) in [7, 11) is 0. The molecule has 0 fully saturated rings. The van der Waals surface area contributed by atoms with Crippen LogP contribution < -0.4 is 16.8 Å². The van der Waals surface area contributed by atoms with Crippen LogP contribution >= 0.6 is 0 Å². The molecule has 1 aromatic rings. The van der Waals surface area contributed by atoms with E-state index in [0.29, 0.717) is 12.2 Å². The zero-order valence-electron chi connectivity index (χ0n) is 10.9. The Kier molecular flexibility index (Phi) is 4.82. The van der Waals surface area contributed by atoms with E-state index in [1.54, 1.807) is 0 Å². The van der Waals surface area contributed by atoms with Crippen molar-refractivity contribution in [1.82, 2.24) is 0 Å². The van der Waals surface area contributed by atoms with Gasteiger partial charge in [0.2, 0.25) is 0 Å². The lowest BCUT2D eigenvalue weighted by Crippen LogP contribution is -2.34. The third-order valence-corrected chi connectivity index (χ3v) is 2.88. The number of hydrogen-bond acceptors (Lipinski definition) is 5. The van der Waals surface area contributed by atoms with Crippen molar-refractivity contribution >= 4 is 17.3 Å². The van der Waals surface area contributed by atoms with Gasteiger partial charge in [-0.15, -0.1) is 0 Å². The van der Waals surface area contributed by atoms with Crippen molar-refractivity contribution in [3.8, 4) is 0 Å². The predicted octanol–water partition coefficient (Wildman–Crippen LogP) is 1.09. The number of amides is 1. The Morgan fingerprint density at radius 3 is 2.53 bits per heavy atom. The Bertz CT molecular complexity index is 488. The molecule has 104 valence electrons. The summed E-state index contributed by atoms with van der Waals surface area (Å²) < 4.78 is 0. The molecule has 5 N–H and O–H groups in total. The molecular formula is C12H18N4O3. The summed E-state index contributed by atoms with van der Waals surface area (Å²) in [5, 5.41) is 13.8. The summed E-state index contributed by atoms with van der Waals surface area (Å²) in [6.07, 6.45) is 0. The number of carbonyl (C=O) groups is 1. The molecule has 1 rings (SSSR count). The minimum absolute atomic E-state index is 0.0421. The molecule has 0 heterocycles. The first-order chi connectivity index (χ1) is 8.86. The zero-order valence-corrected chi connectivity index (χ0v) is 10.9. The number of hydrogen-bond donors (Lipinski definition) is 3. The molecule has 1 aromatic carbocycles. The average molecular weight is 266 g/mol. The highest BCUT2D eigenvalue weighted by Crippen LogP contribution is 2.23. The SMILES string of the molecule is CC(C)C(CN)Nc1ccc([N+](=O)[O-])cc1C(N)=O. The summed E-state index contributed by atoms with van der Waals surface area (Å²) in [5.41, 5.74) is 11.3. The van der Waals surface area contributed by atoms with Gasteiger partial charge in [-0.2, -0.15) is 0 Å². The molecule has 7 nitrogen and oxygen atoms in total. The zero-order chi connectivity index (χ0) is 14.6. The number of rotatable bonds is 6. The van der Waals surface area contributed by atoms with Crippen LogP contribution in [0, 0.1) is 16.0 Å². The van der Waals surface area contributed by atoms with Crippen LogP contribution in [0.25, 0.3) is 0 Å². The molecule has 0 aromatic heterocycles. The van der Waals surface area contributed by atoms with Crippen molar-refractivity contribution in [2.24, 2.45) is 17.4 Å². The number of nitrogens with two attached hydrogens (primary N) is 2. The van der Waals surface area contributed by atoms with Gasteiger partial charge in [-0.1, -0.05) is 13.8 Å². The van der Waals surface area contributed by atoms with Crippen molar-refractivity contribution in [1.29, 1.82) is 0 Å². The van der Waals surface area contributed by atoms with Crippen molar-refractivity contribution in [3.63, 3.8) is 0 Å². The van der Waals surface area contributed by atoms with Crippen LogP contribution in [0.3, 0.4) is 0 Å². The Labute approximate surface area is 111 Å². The first-order valence-corrected chi connectivity index (χ1v) is 5.91. The lowest BCUT2D eigenvalue weighted by molar-refractivity contribution is -0.384. The Balaban J connectivity index is 3.13. The van der Waals surface area contributed by atoms with Gasteiger partial charge in [0.25, 0.3) is 11.6 Å². The fraction of sp³-hybridized carbons (Fsp3) is 0.417. The van der Waals surface area contributed by atoms with E-state index in [1.165, 1.54) is 18.2 Å². The Morgan fingerprint density at radius 2 is 2.11 bits per heavy atom. The lowest BCUT2D eigenvalue weighted by atomic mass is 10.0. The van der Waals surface area contributed by atoms with Gasteiger partial charge in [0.15, 0.2) is 0 Å². The molecule has 0 bridgehead atoms. The quantitative estimate of drug-likeness (QED) is 0.525. The van der Waals surface area contributed by atoms with Gasteiger partial charge in [-0.25, -0.2) is 0 Å². The van der Waals surface area contributed by atoms with E-state index in [-0.39, 0.29) is 23.2 Å².